The first kappa shape index (κ1) is 10.3. The Bertz CT molecular complexity index is 138. The van der Waals surface area contributed by atoms with Crippen LogP contribution in [0.4, 0.5) is 0 Å². The number of thiocarbonyl (C=S) groups is 1. The van der Waals surface area contributed by atoms with E-state index < -0.39 is 0 Å². The van der Waals surface area contributed by atoms with Crippen molar-refractivity contribution in [2.45, 2.75) is 6.92 Å². The van der Waals surface area contributed by atoms with E-state index in [4.69, 9.17) is 17.3 Å². The van der Waals surface area contributed by atoms with Crippen LogP contribution in [0.25, 0.3) is 0 Å². The molecule has 0 bridgehead atoms. The molecule has 0 aromatic heterocycles. The summed E-state index contributed by atoms with van der Waals surface area (Å²) in [5.74, 6) is 0. The highest BCUT2D eigenvalue weighted by atomic mass is 32.1. The largest absolute Gasteiger partial charge is 0.395 e. The van der Waals surface area contributed by atoms with Gasteiger partial charge in [0.15, 0.2) is 0 Å². The summed E-state index contributed by atoms with van der Waals surface area (Å²) in [6.07, 6.45) is 1.58. The molecule has 0 fully saturated rings. The maximum atomic E-state index is 8.36. The van der Waals surface area contributed by atoms with Crippen LogP contribution in [-0.2, 0) is 0 Å². The van der Waals surface area contributed by atoms with E-state index in [-0.39, 0.29) is 6.61 Å². The van der Waals surface area contributed by atoms with Gasteiger partial charge in [0.1, 0.15) is 0 Å². The Kier molecular flexibility index (Phi) is 6.90. The maximum absolute atomic E-state index is 8.36. The molecule has 0 aromatic rings. The highest BCUT2D eigenvalue weighted by molar-refractivity contribution is 7.80. The number of nitrogens with one attached hydrogen (secondary N) is 3. The Morgan fingerprint density at radius 1 is 1.73 bits per heavy atom. The molecule has 0 aromatic carbocycles. The number of hydrazine groups is 1. The van der Waals surface area contributed by atoms with Gasteiger partial charge in [0.05, 0.1) is 6.61 Å². The van der Waals surface area contributed by atoms with Crippen LogP contribution in [-0.4, -0.2) is 29.6 Å². The van der Waals surface area contributed by atoms with E-state index in [0.29, 0.717) is 11.7 Å². The minimum absolute atomic E-state index is 0.0622. The standard InChI is InChI=1S/C5H12N4OS/c1-2-6-8-5(11)9-7-3-4-10/h2,7,10H,3-4H2,1H3,(H2,8,9,11). The molecule has 0 saturated heterocycles. The van der Waals surface area contributed by atoms with Crippen LogP contribution in [0.3, 0.4) is 0 Å². The lowest BCUT2D eigenvalue weighted by Gasteiger charge is -2.06. The van der Waals surface area contributed by atoms with Crippen molar-refractivity contribution in [2.75, 3.05) is 13.2 Å². The van der Waals surface area contributed by atoms with Crippen LogP contribution in [0.1, 0.15) is 6.92 Å². The number of hydrazone groups is 1. The Balaban J connectivity index is 3.23. The topological polar surface area (TPSA) is 68.7 Å². The maximum Gasteiger partial charge on any atom is 0.201 e. The third-order valence-corrected chi connectivity index (χ3v) is 0.927. The Morgan fingerprint density at radius 3 is 3.00 bits per heavy atom. The minimum atomic E-state index is 0.0622. The minimum Gasteiger partial charge on any atom is -0.395 e. The number of aliphatic hydroxyl groups is 1. The summed E-state index contributed by atoms with van der Waals surface area (Å²) in [7, 11) is 0. The van der Waals surface area contributed by atoms with Crippen molar-refractivity contribution in [1.82, 2.24) is 16.3 Å². The van der Waals surface area contributed by atoms with E-state index in [1.165, 1.54) is 0 Å². The van der Waals surface area contributed by atoms with E-state index >= 15 is 0 Å². The summed E-state index contributed by atoms with van der Waals surface area (Å²) >= 11 is 4.75. The monoisotopic (exact) mass is 176 g/mol. The average Bonchev–Trinajstić information content (AvgIpc) is 2.01. The van der Waals surface area contributed by atoms with Gasteiger partial charge in [0.2, 0.25) is 5.11 Å². The van der Waals surface area contributed by atoms with Gasteiger partial charge in [0, 0.05) is 12.8 Å². The predicted molar refractivity (Wildman–Crippen MR) is 48.1 cm³/mol. The molecule has 0 rings (SSSR count). The lowest BCUT2D eigenvalue weighted by Crippen LogP contribution is -2.43. The Hall–Kier alpha value is -0.720. The van der Waals surface area contributed by atoms with Gasteiger partial charge in [-0.05, 0) is 19.1 Å². The molecular formula is C5H12N4OS. The van der Waals surface area contributed by atoms with Crippen molar-refractivity contribution in [3.63, 3.8) is 0 Å². The van der Waals surface area contributed by atoms with E-state index in [9.17, 15) is 0 Å². The zero-order valence-electron chi connectivity index (χ0n) is 6.29. The van der Waals surface area contributed by atoms with Crippen LogP contribution in [0.5, 0.6) is 0 Å². The number of rotatable bonds is 4. The highest BCUT2D eigenvalue weighted by Crippen LogP contribution is 1.62. The normalized spacial score (nSPS) is 10.0. The molecule has 0 atom stereocenters. The predicted octanol–water partition coefficient (Wildman–Crippen LogP) is -1.05. The molecule has 4 N–H and O–H groups in total. The quantitative estimate of drug-likeness (QED) is 0.190. The van der Waals surface area contributed by atoms with Crippen LogP contribution in [0, 0.1) is 0 Å². The van der Waals surface area contributed by atoms with Crippen LogP contribution in [0.15, 0.2) is 5.10 Å². The third-order valence-electron chi connectivity index (χ3n) is 0.734. The zero-order chi connectivity index (χ0) is 8.53. The molecule has 0 saturated carbocycles. The second kappa shape index (κ2) is 7.39. The van der Waals surface area contributed by atoms with E-state index in [1.54, 1.807) is 13.1 Å². The molecule has 0 aliphatic rings. The summed E-state index contributed by atoms with van der Waals surface area (Å²) in [5.41, 5.74) is 7.82. The van der Waals surface area contributed by atoms with Crippen LogP contribution in [0.2, 0.25) is 0 Å². The number of hydrogen-bond acceptors (Lipinski definition) is 4. The number of nitrogens with zero attached hydrogens (tertiary/aromatic N) is 1. The first-order valence-electron chi connectivity index (χ1n) is 3.18. The highest BCUT2D eigenvalue weighted by Gasteiger charge is 1.88. The van der Waals surface area contributed by atoms with Gasteiger partial charge >= 0.3 is 0 Å². The van der Waals surface area contributed by atoms with Gasteiger partial charge < -0.3 is 5.11 Å². The third kappa shape index (κ3) is 7.17. The van der Waals surface area contributed by atoms with Gasteiger partial charge in [0.25, 0.3) is 0 Å². The van der Waals surface area contributed by atoms with Gasteiger partial charge in [-0.2, -0.15) is 5.10 Å². The van der Waals surface area contributed by atoms with Crippen LogP contribution < -0.4 is 16.3 Å². The van der Waals surface area contributed by atoms with E-state index in [2.05, 4.69) is 21.4 Å². The summed E-state index contributed by atoms with van der Waals surface area (Å²) < 4.78 is 0. The first-order chi connectivity index (χ1) is 5.31. The second-order valence-electron chi connectivity index (χ2n) is 1.60. The molecule has 5 nitrogen and oxygen atoms in total. The van der Waals surface area contributed by atoms with Crippen molar-refractivity contribution in [3.05, 3.63) is 0 Å². The average molecular weight is 176 g/mol. The number of aliphatic hydroxyl groups excluding tert-OH is 1. The van der Waals surface area contributed by atoms with Gasteiger partial charge in [-0.1, -0.05) is 0 Å². The molecule has 64 valence electrons. The zero-order valence-corrected chi connectivity index (χ0v) is 7.11. The molecule has 11 heavy (non-hydrogen) atoms. The van der Waals surface area contributed by atoms with Crippen molar-refractivity contribution >= 4 is 23.5 Å². The SMILES string of the molecule is CC=NNC(=S)NNCCO. The Labute approximate surface area is 70.8 Å². The fraction of sp³-hybridized carbons (Fsp3) is 0.600. The van der Waals surface area contributed by atoms with E-state index in [1.807, 2.05) is 0 Å². The van der Waals surface area contributed by atoms with Gasteiger partial charge in [-0.25, -0.2) is 5.43 Å². The van der Waals surface area contributed by atoms with Crippen molar-refractivity contribution in [3.8, 4) is 0 Å². The molecule has 0 amide bonds. The summed E-state index contributed by atoms with van der Waals surface area (Å²) in [6, 6.07) is 0. The first-order valence-corrected chi connectivity index (χ1v) is 3.59. The molecule has 0 spiro atoms. The van der Waals surface area contributed by atoms with Crippen molar-refractivity contribution in [1.29, 1.82) is 0 Å². The molecule has 0 aliphatic carbocycles. The van der Waals surface area contributed by atoms with Crippen molar-refractivity contribution in [2.24, 2.45) is 5.10 Å². The molecule has 0 heterocycles. The fourth-order valence-electron chi connectivity index (χ4n) is 0.350. The lowest BCUT2D eigenvalue weighted by atomic mass is 10.7. The van der Waals surface area contributed by atoms with Gasteiger partial charge in [-0.3, -0.25) is 10.9 Å². The smallest absolute Gasteiger partial charge is 0.201 e. The van der Waals surface area contributed by atoms with Gasteiger partial charge in [-0.15, -0.1) is 0 Å². The second-order valence-corrected chi connectivity index (χ2v) is 2.01. The van der Waals surface area contributed by atoms with Crippen molar-refractivity contribution < 1.29 is 5.11 Å². The Morgan fingerprint density at radius 2 is 2.45 bits per heavy atom. The molecule has 0 radical (unpaired) electrons. The summed E-state index contributed by atoms with van der Waals surface area (Å²) in [4.78, 5) is 0. The molecular weight excluding hydrogens is 164 g/mol. The molecule has 0 aliphatic heterocycles. The molecule has 0 unspecified atom stereocenters. The summed E-state index contributed by atoms with van der Waals surface area (Å²) in [5, 5.41) is 12.4. The molecule has 6 heteroatoms. The van der Waals surface area contributed by atoms with E-state index in [0.717, 1.165) is 0 Å². The summed E-state index contributed by atoms with van der Waals surface area (Å²) in [6.45, 7) is 2.28. The fourth-order valence-corrected chi connectivity index (χ4v) is 0.475. The lowest BCUT2D eigenvalue weighted by molar-refractivity contribution is 0.289. The number of hydrogen-bond donors (Lipinski definition) is 4. The van der Waals surface area contributed by atoms with Crippen LogP contribution >= 0.6 is 12.2 Å².